The summed E-state index contributed by atoms with van der Waals surface area (Å²) in [5, 5.41) is 2.26. The Morgan fingerprint density at radius 1 is 1.28 bits per heavy atom. The summed E-state index contributed by atoms with van der Waals surface area (Å²) in [5.74, 6) is -0.326. The topological polar surface area (TPSA) is 85.6 Å². The van der Waals surface area contributed by atoms with E-state index in [9.17, 15) is 26.4 Å². The minimum Gasteiger partial charge on any atom is -0.495 e. The molecule has 0 aliphatic carbocycles. The summed E-state index contributed by atoms with van der Waals surface area (Å²) in [5.41, 5.74) is -5.68. The normalized spacial score (nSPS) is 12.3. The fourth-order valence-electron chi connectivity index (χ4n) is 1.80. The molecule has 10 heteroatoms. The minimum absolute atomic E-state index is 0.000808. The van der Waals surface area contributed by atoms with Crippen molar-refractivity contribution in [2.24, 2.45) is 0 Å². The number of amides is 1. The Kier molecular flexibility index (Phi) is 5.21. The van der Waals surface area contributed by atoms with Crippen molar-refractivity contribution in [3.8, 4) is 5.75 Å². The molecule has 25 heavy (non-hydrogen) atoms. The Bertz CT molecular complexity index is 886. The quantitative estimate of drug-likeness (QED) is 0.811. The van der Waals surface area contributed by atoms with Gasteiger partial charge in [-0.25, -0.2) is 8.42 Å². The van der Waals surface area contributed by atoms with Crippen LogP contribution in [0.1, 0.15) is 5.76 Å². The number of furan rings is 1. The van der Waals surface area contributed by atoms with Crippen LogP contribution in [0.25, 0.3) is 6.08 Å². The maximum absolute atomic E-state index is 12.6. The van der Waals surface area contributed by atoms with Gasteiger partial charge in [-0.05, 0) is 36.4 Å². The van der Waals surface area contributed by atoms with Crippen LogP contribution in [0.3, 0.4) is 0 Å². The van der Waals surface area contributed by atoms with E-state index in [1.165, 1.54) is 19.4 Å². The van der Waals surface area contributed by atoms with Crippen LogP contribution >= 0.6 is 0 Å². The lowest BCUT2D eigenvalue weighted by atomic mass is 10.3. The molecule has 1 amide bonds. The average molecular weight is 375 g/mol. The molecule has 0 atom stereocenters. The van der Waals surface area contributed by atoms with Crippen LogP contribution in [-0.2, 0) is 14.6 Å². The number of anilines is 1. The first-order chi connectivity index (χ1) is 11.6. The number of halogens is 3. The molecule has 0 spiro atoms. The van der Waals surface area contributed by atoms with Gasteiger partial charge in [0.2, 0.25) is 5.91 Å². The van der Waals surface area contributed by atoms with Crippen molar-refractivity contribution in [3.05, 3.63) is 48.4 Å². The summed E-state index contributed by atoms with van der Waals surface area (Å²) >= 11 is 0. The van der Waals surface area contributed by atoms with Gasteiger partial charge in [-0.15, -0.1) is 0 Å². The molecule has 0 saturated carbocycles. The standard InChI is InChI=1S/C15H12F3NO5S/c1-23-13-6-5-11(25(21,22)15(16,17)18)9-12(13)19-14(20)7-4-10-3-2-8-24-10/h2-9H,1H3,(H,19,20). The second-order valence-electron chi connectivity index (χ2n) is 4.65. The fraction of sp³-hybridized carbons (Fsp3) is 0.133. The second-order valence-corrected chi connectivity index (χ2v) is 6.59. The lowest BCUT2D eigenvalue weighted by Gasteiger charge is -2.12. The first kappa shape index (κ1) is 18.6. The third-order valence-electron chi connectivity index (χ3n) is 2.99. The summed E-state index contributed by atoms with van der Waals surface area (Å²) in [6.45, 7) is 0. The third-order valence-corrected chi connectivity index (χ3v) is 4.47. The van der Waals surface area contributed by atoms with E-state index in [0.29, 0.717) is 11.8 Å². The Labute approximate surface area is 140 Å². The largest absolute Gasteiger partial charge is 0.501 e. The highest BCUT2D eigenvalue weighted by Gasteiger charge is 2.47. The van der Waals surface area contributed by atoms with E-state index in [1.54, 1.807) is 12.1 Å². The molecule has 6 nitrogen and oxygen atoms in total. The Morgan fingerprint density at radius 3 is 2.56 bits per heavy atom. The van der Waals surface area contributed by atoms with Gasteiger partial charge in [0, 0.05) is 6.08 Å². The maximum atomic E-state index is 12.6. The molecule has 0 aliphatic rings. The number of methoxy groups -OCH3 is 1. The van der Waals surface area contributed by atoms with Crippen molar-refractivity contribution in [1.82, 2.24) is 0 Å². The number of hydrogen-bond donors (Lipinski definition) is 1. The van der Waals surface area contributed by atoms with Gasteiger partial charge in [-0.2, -0.15) is 13.2 Å². The van der Waals surface area contributed by atoms with Gasteiger partial charge in [-0.1, -0.05) is 0 Å². The monoisotopic (exact) mass is 375 g/mol. The molecule has 0 aliphatic heterocycles. The van der Waals surface area contributed by atoms with Gasteiger partial charge in [0.25, 0.3) is 9.84 Å². The Hall–Kier alpha value is -2.75. The molecule has 1 aromatic carbocycles. The van der Waals surface area contributed by atoms with E-state index < -0.39 is 26.1 Å². The highest BCUT2D eigenvalue weighted by atomic mass is 32.2. The van der Waals surface area contributed by atoms with Crippen molar-refractivity contribution in [2.45, 2.75) is 10.4 Å². The van der Waals surface area contributed by atoms with Gasteiger partial charge < -0.3 is 14.5 Å². The summed E-state index contributed by atoms with van der Waals surface area (Å²) in [6.07, 6.45) is 3.80. The first-order valence-electron chi connectivity index (χ1n) is 6.67. The van der Waals surface area contributed by atoms with Gasteiger partial charge in [0.05, 0.1) is 24.0 Å². The van der Waals surface area contributed by atoms with Crippen LogP contribution in [0.2, 0.25) is 0 Å². The van der Waals surface area contributed by atoms with Crippen LogP contribution in [0.4, 0.5) is 18.9 Å². The minimum atomic E-state index is -5.55. The molecular weight excluding hydrogens is 363 g/mol. The van der Waals surface area contributed by atoms with Crippen LogP contribution in [0, 0.1) is 0 Å². The van der Waals surface area contributed by atoms with E-state index in [0.717, 1.165) is 18.2 Å². The van der Waals surface area contributed by atoms with E-state index in [1.807, 2.05) is 0 Å². The lowest BCUT2D eigenvalue weighted by molar-refractivity contribution is -0.111. The SMILES string of the molecule is COc1ccc(S(=O)(=O)C(F)(F)F)cc1NC(=O)C=Cc1ccco1. The molecule has 0 fully saturated rings. The number of hydrogen-bond acceptors (Lipinski definition) is 5. The van der Waals surface area contributed by atoms with Crippen molar-refractivity contribution >= 4 is 27.5 Å². The number of ether oxygens (including phenoxy) is 1. The average Bonchev–Trinajstić information content (AvgIpc) is 3.05. The van der Waals surface area contributed by atoms with Crippen LogP contribution in [0.15, 0.2) is 52.0 Å². The highest BCUT2D eigenvalue weighted by Crippen LogP contribution is 2.34. The molecule has 0 unspecified atom stereocenters. The summed E-state index contributed by atoms with van der Waals surface area (Å²) in [7, 11) is -4.32. The number of benzene rings is 1. The van der Waals surface area contributed by atoms with Gasteiger partial charge >= 0.3 is 5.51 Å². The summed E-state index contributed by atoms with van der Waals surface area (Å²) in [4.78, 5) is 10.9. The zero-order valence-electron chi connectivity index (χ0n) is 12.7. The molecule has 0 bridgehead atoms. The Balaban J connectivity index is 2.30. The fourth-order valence-corrected chi connectivity index (χ4v) is 2.59. The molecule has 1 heterocycles. The van der Waals surface area contributed by atoms with Crippen LogP contribution in [-0.4, -0.2) is 26.9 Å². The Morgan fingerprint density at radius 2 is 2.00 bits per heavy atom. The molecule has 2 aromatic rings. The zero-order chi connectivity index (χ0) is 18.7. The summed E-state index contributed by atoms with van der Waals surface area (Å²) in [6, 6.07) is 5.63. The van der Waals surface area contributed by atoms with Crippen LogP contribution in [0.5, 0.6) is 5.75 Å². The smallest absolute Gasteiger partial charge is 0.495 e. The van der Waals surface area contributed by atoms with Gasteiger partial charge in [-0.3, -0.25) is 4.79 Å². The third kappa shape index (κ3) is 4.21. The van der Waals surface area contributed by atoms with E-state index >= 15 is 0 Å². The molecule has 1 aromatic heterocycles. The van der Waals surface area contributed by atoms with Crippen molar-refractivity contribution in [3.63, 3.8) is 0 Å². The van der Waals surface area contributed by atoms with Crippen molar-refractivity contribution < 1.29 is 35.5 Å². The first-order valence-corrected chi connectivity index (χ1v) is 8.15. The predicted molar refractivity (Wildman–Crippen MR) is 82.6 cm³/mol. The van der Waals surface area contributed by atoms with Gasteiger partial charge in [0.1, 0.15) is 11.5 Å². The molecule has 1 N–H and O–H groups in total. The second kappa shape index (κ2) is 7.01. The molecule has 2 rings (SSSR count). The number of sulfone groups is 1. The maximum Gasteiger partial charge on any atom is 0.501 e. The van der Waals surface area contributed by atoms with E-state index in [-0.39, 0.29) is 11.4 Å². The van der Waals surface area contributed by atoms with Gasteiger partial charge in [0.15, 0.2) is 0 Å². The van der Waals surface area contributed by atoms with E-state index in [2.05, 4.69) is 5.32 Å². The molecule has 134 valence electrons. The number of carbonyl (C=O) groups excluding carboxylic acids is 1. The molecular formula is C15H12F3NO5S. The van der Waals surface area contributed by atoms with Crippen molar-refractivity contribution in [1.29, 1.82) is 0 Å². The highest BCUT2D eigenvalue weighted by molar-refractivity contribution is 7.92. The number of rotatable bonds is 5. The molecule has 0 saturated heterocycles. The molecule has 0 radical (unpaired) electrons. The van der Waals surface area contributed by atoms with Crippen molar-refractivity contribution in [2.75, 3.05) is 12.4 Å². The van der Waals surface area contributed by atoms with Crippen LogP contribution < -0.4 is 10.1 Å². The number of alkyl halides is 3. The predicted octanol–water partition coefficient (Wildman–Crippen LogP) is 3.23. The lowest BCUT2D eigenvalue weighted by Crippen LogP contribution is -2.23. The number of nitrogens with one attached hydrogen (secondary N) is 1. The zero-order valence-corrected chi connectivity index (χ0v) is 13.5. The van der Waals surface area contributed by atoms with E-state index in [4.69, 9.17) is 9.15 Å². The number of carbonyl (C=O) groups is 1. The summed E-state index contributed by atoms with van der Waals surface area (Å²) < 4.78 is 70.8.